The van der Waals surface area contributed by atoms with Crippen LogP contribution in [0.15, 0.2) is 17.5 Å². The third kappa shape index (κ3) is 4.38. The first-order valence-electron chi connectivity index (χ1n) is 5.67. The van der Waals surface area contributed by atoms with E-state index in [0.29, 0.717) is 10.8 Å². The molecule has 9 heteroatoms. The minimum absolute atomic E-state index is 0.0542. The van der Waals surface area contributed by atoms with E-state index >= 15 is 0 Å². The van der Waals surface area contributed by atoms with Crippen LogP contribution in [-0.2, 0) is 16.1 Å². The van der Waals surface area contributed by atoms with Crippen molar-refractivity contribution >= 4 is 51.5 Å². The number of hydrogen-bond donors (Lipinski definition) is 1. The molecule has 0 radical (unpaired) electrons. The second kappa shape index (κ2) is 6.84. The number of rotatable bonds is 4. The van der Waals surface area contributed by atoms with Gasteiger partial charge in [0.25, 0.3) is 0 Å². The summed E-state index contributed by atoms with van der Waals surface area (Å²) in [7, 11) is 0. The first-order chi connectivity index (χ1) is 9.95. The lowest BCUT2D eigenvalue weighted by atomic mass is 10.3. The van der Waals surface area contributed by atoms with Gasteiger partial charge < -0.3 is 10.1 Å². The molecule has 0 bridgehead atoms. The molecule has 0 atom stereocenters. The van der Waals surface area contributed by atoms with Crippen molar-refractivity contribution in [2.24, 2.45) is 0 Å². The minimum Gasteiger partial charge on any atom is -0.454 e. The van der Waals surface area contributed by atoms with Crippen LogP contribution in [0.4, 0.5) is 5.13 Å². The largest absolute Gasteiger partial charge is 0.454 e. The summed E-state index contributed by atoms with van der Waals surface area (Å²) in [6, 6.07) is 2.94. The highest BCUT2D eigenvalue weighted by molar-refractivity contribution is 7.13. The smallest absolute Gasteiger partial charge is 0.358 e. The molecule has 0 saturated heterocycles. The molecule has 110 valence electrons. The van der Waals surface area contributed by atoms with Gasteiger partial charge in [-0.05, 0) is 12.1 Å². The van der Waals surface area contributed by atoms with E-state index in [-0.39, 0.29) is 28.4 Å². The van der Waals surface area contributed by atoms with E-state index in [2.05, 4.69) is 15.3 Å². The predicted octanol–water partition coefficient (Wildman–Crippen LogP) is 3.16. The fourth-order valence-corrected chi connectivity index (χ4v) is 2.42. The zero-order valence-electron chi connectivity index (χ0n) is 10.7. The number of thiazole rings is 1. The number of hydrogen-bond acceptors (Lipinski definition) is 6. The van der Waals surface area contributed by atoms with Crippen LogP contribution in [-0.4, -0.2) is 21.8 Å². The van der Waals surface area contributed by atoms with E-state index in [0.717, 1.165) is 0 Å². The minimum atomic E-state index is -0.698. The highest BCUT2D eigenvalue weighted by Gasteiger charge is 2.15. The zero-order valence-corrected chi connectivity index (χ0v) is 13.1. The fourth-order valence-electron chi connectivity index (χ4n) is 1.35. The summed E-state index contributed by atoms with van der Waals surface area (Å²) in [5, 5.41) is 4.95. The van der Waals surface area contributed by atoms with E-state index in [1.807, 2.05) is 0 Å². The lowest BCUT2D eigenvalue weighted by molar-refractivity contribution is -0.114. The topological polar surface area (TPSA) is 81.2 Å². The Kier molecular flexibility index (Phi) is 5.11. The van der Waals surface area contributed by atoms with Gasteiger partial charge >= 0.3 is 5.97 Å². The van der Waals surface area contributed by atoms with Crippen LogP contribution in [0.3, 0.4) is 0 Å². The van der Waals surface area contributed by atoms with Gasteiger partial charge in [0.15, 0.2) is 10.8 Å². The summed E-state index contributed by atoms with van der Waals surface area (Å²) in [4.78, 5) is 30.6. The van der Waals surface area contributed by atoms with Gasteiger partial charge in [-0.3, -0.25) is 4.79 Å². The van der Waals surface area contributed by atoms with Crippen molar-refractivity contribution in [3.63, 3.8) is 0 Å². The molecule has 0 aliphatic heterocycles. The Bertz CT molecular complexity index is 690. The van der Waals surface area contributed by atoms with Gasteiger partial charge in [-0.2, -0.15) is 0 Å². The van der Waals surface area contributed by atoms with Gasteiger partial charge in [0.1, 0.15) is 11.8 Å². The molecule has 0 aromatic carbocycles. The molecule has 0 aliphatic carbocycles. The second-order valence-corrected chi connectivity index (χ2v) is 5.52. The normalized spacial score (nSPS) is 10.2. The molecule has 1 amide bonds. The Morgan fingerprint density at radius 1 is 1.33 bits per heavy atom. The highest BCUT2D eigenvalue weighted by Crippen LogP contribution is 2.19. The summed E-state index contributed by atoms with van der Waals surface area (Å²) in [5.41, 5.74) is 0.455. The van der Waals surface area contributed by atoms with Crippen LogP contribution in [0.1, 0.15) is 23.1 Å². The number of aromatic nitrogens is 2. The van der Waals surface area contributed by atoms with Gasteiger partial charge in [0.2, 0.25) is 5.91 Å². The lowest BCUT2D eigenvalue weighted by Gasteiger charge is -2.04. The molecule has 0 fully saturated rings. The number of carbonyl (C=O) groups is 2. The molecule has 0 aliphatic rings. The average molecular weight is 346 g/mol. The van der Waals surface area contributed by atoms with Crippen molar-refractivity contribution in [3.05, 3.63) is 39.1 Å². The maximum atomic E-state index is 11.9. The molecule has 2 aromatic heterocycles. The van der Waals surface area contributed by atoms with Crippen molar-refractivity contribution in [3.8, 4) is 0 Å². The molecular formula is C12H9Cl2N3O3S. The van der Waals surface area contributed by atoms with E-state index in [9.17, 15) is 9.59 Å². The Hall–Kier alpha value is -1.70. The van der Waals surface area contributed by atoms with Gasteiger partial charge in [-0.1, -0.05) is 23.2 Å². The lowest BCUT2D eigenvalue weighted by Crippen LogP contribution is -2.09. The summed E-state index contributed by atoms with van der Waals surface area (Å²) >= 11 is 12.8. The van der Waals surface area contributed by atoms with Crippen molar-refractivity contribution in [2.45, 2.75) is 13.5 Å². The molecule has 6 nitrogen and oxygen atoms in total. The zero-order chi connectivity index (χ0) is 15.4. The highest BCUT2D eigenvalue weighted by atomic mass is 35.5. The van der Waals surface area contributed by atoms with Crippen LogP contribution < -0.4 is 5.32 Å². The molecule has 2 aromatic rings. The third-order valence-corrected chi connectivity index (χ3v) is 3.51. The molecular weight excluding hydrogens is 337 g/mol. The number of ether oxygens (including phenoxy) is 1. The standard InChI is InChI=1S/C12H9Cl2N3O3S/c1-6(18)15-12-16-7(5-21-12)4-20-11(19)10-8(13)2-3-9(14)17-10/h2-3,5H,4H2,1H3,(H,15,16,18). The third-order valence-electron chi connectivity index (χ3n) is 2.19. The molecule has 0 unspecified atom stereocenters. The number of anilines is 1. The van der Waals surface area contributed by atoms with Crippen molar-refractivity contribution < 1.29 is 14.3 Å². The van der Waals surface area contributed by atoms with Crippen LogP contribution >= 0.6 is 34.5 Å². The molecule has 2 rings (SSSR count). The van der Waals surface area contributed by atoms with Crippen molar-refractivity contribution in [1.29, 1.82) is 0 Å². The number of amides is 1. The average Bonchev–Trinajstić information content (AvgIpc) is 2.85. The quantitative estimate of drug-likeness (QED) is 0.679. The van der Waals surface area contributed by atoms with E-state index in [1.54, 1.807) is 5.38 Å². The molecule has 0 saturated carbocycles. The summed E-state index contributed by atoms with van der Waals surface area (Å²) in [6.07, 6.45) is 0. The molecule has 2 heterocycles. The van der Waals surface area contributed by atoms with E-state index < -0.39 is 5.97 Å². The van der Waals surface area contributed by atoms with Crippen LogP contribution in [0, 0.1) is 0 Å². The Morgan fingerprint density at radius 3 is 2.81 bits per heavy atom. The first-order valence-corrected chi connectivity index (χ1v) is 7.30. The number of nitrogens with zero attached hydrogens (tertiary/aromatic N) is 2. The fraction of sp³-hybridized carbons (Fsp3) is 0.167. The summed E-state index contributed by atoms with van der Waals surface area (Å²) in [6.45, 7) is 1.33. The van der Waals surface area contributed by atoms with E-state index in [4.69, 9.17) is 27.9 Å². The number of pyridine rings is 1. The number of esters is 1. The number of carbonyl (C=O) groups excluding carboxylic acids is 2. The SMILES string of the molecule is CC(=O)Nc1nc(COC(=O)c2nc(Cl)ccc2Cl)cs1. The molecule has 1 N–H and O–H groups in total. The summed E-state index contributed by atoms with van der Waals surface area (Å²) in [5.74, 6) is -0.917. The molecule has 21 heavy (non-hydrogen) atoms. The Balaban J connectivity index is 1.99. The maximum absolute atomic E-state index is 11.9. The number of halogens is 2. The number of nitrogens with one attached hydrogen (secondary N) is 1. The Morgan fingerprint density at radius 2 is 2.10 bits per heavy atom. The molecule has 0 spiro atoms. The summed E-state index contributed by atoms with van der Waals surface area (Å²) < 4.78 is 5.06. The van der Waals surface area contributed by atoms with Gasteiger partial charge in [0, 0.05) is 12.3 Å². The van der Waals surface area contributed by atoms with Gasteiger partial charge in [0.05, 0.1) is 10.7 Å². The van der Waals surface area contributed by atoms with Crippen molar-refractivity contribution in [1.82, 2.24) is 9.97 Å². The van der Waals surface area contributed by atoms with Crippen LogP contribution in [0.5, 0.6) is 0 Å². The van der Waals surface area contributed by atoms with E-state index in [1.165, 1.54) is 30.4 Å². The van der Waals surface area contributed by atoms with Crippen LogP contribution in [0.25, 0.3) is 0 Å². The first kappa shape index (κ1) is 15.7. The predicted molar refractivity (Wildman–Crippen MR) is 79.8 cm³/mol. The van der Waals surface area contributed by atoms with Crippen molar-refractivity contribution in [2.75, 3.05) is 5.32 Å². The van der Waals surface area contributed by atoms with Crippen LogP contribution in [0.2, 0.25) is 10.2 Å². The maximum Gasteiger partial charge on any atom is 0.358 e. The monoisotopic (exact) mass is 345 g/mol. The Labute approximate surface area is 134 Å². The van der Waals surface area contributed by atoms with Gasteiger partial charge in [-0.25, -0.2) is 14.8 Å². The van der Waals surface area contributed by atoms with Gasteiger partial charge in [-0.15, -0.1) is 11.3 Å². The second-order valence-electron chi connectivity index (χ2n) is 3.87.